The van der Waals surface area contributed by atoms with Crippen molar-refractivity contribution in [2.45, 2.75) is 18.4 Å². The van der Waals surface area contributed by atoms with Crippen molar-refractivity contribution in [3.8, 4) is 11.4 Å². The molecule has 1 amide bonds. The van der Waals surface area contributed by atoms with Crippen molar-refractivity contribution in [1.29, 1.82) is 0 Å². The summed E-state index contributed by atoms with van der Waals surface area (Å²) in [5, 5.41) is 5.23. The summed E-state index contributed by atoms with van der Waals surface area (Å²) in [6.07, 6.45) is -6.05. The van der Waals surface area contributed by atoms with Gasteiger partial charge in [-0.1, -0.05) is 11.6 Å². The van der Waals surface area contributed by atoms with Crippen LogP contribution in [0.25, 0.3) is 11.4 Å². The highest BCUT2D eigenvalue weighted by Gasteiger charge is 2.44. The number of morpholine rings is 1. The van der Waals surface area contributed by atoms with E-state index in [0.717, 1.165) is 0 Å². The highest BCUT2D eigenvalue weighted by atomic mass is 35.5. The van der Waals surface area contributed by atoms with Crippen LogP contribution in [-0.4, -0.2) is 53.3 Å². The molecule has 7 nitrogen and oxygen atoms in total. The molecule has 0 aliphatic carbocycles. The standard InChI is InChI=1S/C16H15ClF3N5O2.ClH/c1-21-15(26)11-4-9(23-7-24-11)10-2-8(3-14(17)25-10)12-5-22-6-13(27-12)16(18,19)20;/h2-4,7,12-13,22H,5-6H2,1H3,(H,21,26);1H. The number of nitrogens with zero attached hydrogens (tertiary/aromatic N) is 3. The molecule has 152 valence electrons. The average molecular weight is 438 g/mol. The minimum Gasteiger partial charge on any atom is -0.358 e. The van der Waals surface area contributed by atoms with Crippen molar-refractivity contribution >= 4 is 29.9 Å². The van der Waals surface area contributed by atoms with E-state index in [1.54, 1.807) is 0 Å². The van der Waals surface area contributed by atoms with Gasteiger partial charge in [0.15, 0.2) is 6.10 Å². The topological polar surface area (TPSA) is 89.0 Å². The Hall–Kier alpha value is -2.01. The van der Waals surface area contributed by atoms with Crippen LogP contribution in [0.15, 0.2) is 24.5 Å². The van der Waals surface area contributed by atoms with Crippen LogP contribution in [0.2, 0.25) is 5.15 Å². The molecule has 2 unspecified atom stereocenters. The lowest BCUT2D eigenvalue weighted by molar-refractivity contribution is -0.240. The Morgan fingerprint density at radius 3 is 2.68 bits per heavy atom. The lowest BCUT2D eigenvalue weighted by Crippen LogP contribution is -2.48. The van der Waals surface area contributed by atoms with Gasteiger partial charge < -0.3 is 15.4 Å². The van der Waals surface area contributed by atoms with Crippen LogP contribution < -0.4 is 10.6 Å². The zero-order valence-electron chi connectivity index (χ0n) is 14.5. The molecule has 2 N–H and O–H groups in total. The van der Waals surface area contributed by atoms with Crippen LogP contribution in [0.3, 0.4) is 0 Å². The van der Waals surface area contributed by atoms with E-state index in [2.05, 4.69) is 25.6 Å². The molecule has 0 spiro atoms. The number of hydrogen-bond donors (Lipinski definition) is 2. The van der Waals surface area contributed by atoms with Crippen LogP contribution in [-0.2, 0) is 4.74 Å². The fraction of sp³-hybridized carbons (Fsp3) is 0.375. The van der Waals surface area contributed by atoms with E-state index in [1.165, 1.54) is 31.6 Å². The van der Waals surface area contributed by atoms with Gasteiger partial charge in [0.1, 0.15) is 17.2 Å². The number of pyridine rings is 1. The van der Waals surface area contributed by atoms with Gasteiger partial charge in [-0.3, -0.25) is 4.79 Å². The predicted molar refractivity (Wildman–Crippen MR) is 97.4 cm³/mol. The van der Waals surface area contributed by atoms with Gasteiger partial charge >= 0.3 is 6.18 Å². The third-order valence-corrected chi connectivity index (χ3v) is 4.12. The lowest BCUT2D eigenvalue weighted by atomic mass is 10.1. The van der Waals surface area contributed by atoms with E-state index in [9.17, 15) is 18.0 Å². The van der Waals surface area contributed by atoms with Crippen LogP contribution in [0.1, 0.15) is 22.2 Å². The van der Waals surface area contributed by atoms with E-state index < -0.39 is 24.3 Å². The second-order valence-electron chi connectivity index (χ2n) is 5.79. The maximum Gasteiger partial charge on any atom is 0.415 e. The molecule has 1 fully saturated rings. The number of rotatable bonds is 3. The van der Waals surface area contributed by atoms with E-state index in [-0.39, 0.29) is 36.3 Å². The quantitative estimate of drug-likeness (QED) is 0.717. The molecule has 2 aromatic heterocycles. The van der Waals surface area contributed by atoms with Gasteiger partial charge in [-0.15, -0.1) is 12.4 Å². The Bertz CT molecular complexity index is 853. The van der Waals surface area contributed by atoms with Crippen molar-refractivity contribution in [2.75, 3.05) is 20.1 Å². The zero-order valence-corrected chi connectivity index (χ0v) is 16.0. The molecule has 12 heteroatoms. The maximum absolute atomic E-state index is 12.9. The number of hydrogen-bond acceptors (Lipinski definition) is 6. The van der Waals surface area contributed by atoms with Gasteiger partial charge in [-0.2, -0.15) is 13.2 Å². The van der Waals surface area contributed by atoms with Crippen LogP contribution >= 0.6 is 24.0 Å². The molecule has 0 aromatic carbocycles. The molecule has 2 aromatic rings. The zero-order chi connectivity index (χ0) is 19.6. The summed E-state index contributed by atoms with van der Waals surface area (Å²) in [5.41, 5.74) is 1.15. The Balaban J connectivity index is 0.00000280. The number of ether oxygens (including phenoxy) is 1. The summed E-state index contributed by atoms with van der Waals surface area (Å²) < 4.78 is 44.0. The average Bonchev–Trinajstić information content (AvgIpc) is 2.66. The SMILES string of the molecule is CNC(=O)c1cc(-c2cc(C3CNCC(C(F)(F)F)O3)cc(Cl)n2)ncn1.Cl. The number of aromatic nitrogens is 3. The van der Waals surface area contributed by atoms with Crippen LogP contribution in [0.5, 0.6) is 0 Å². The molecule has 1 saturated heterocycles. The van der Waals surface area contributed by atoms with E-state index in [4.69, 9.17) is 16.3 Å². The monoisotopic (exact) mass is 437 g/mol. The van der Waals surface area contributed by atoms with E-state index >= 15 is 0 Å². The summed E-state index contributed by atoms with van der Waals surface area (Å²) in [5.74, 6) is -0.409. The molecule has 1 aliphatic rings. The second-order valence-corrected chi connectivity index (χ2v) is 6.18. The Labute approximate surface area is 169 Å². The minimum atomic E-state index is -4.47. The van der Waals surface area contributed by atoms with Crippen molar-refractivity contribution < 1.29 is 22.7 Å². The molecule has 1 aliphatic heterocycles. The molecule has 3 heterocycles. The van der Waals surface area contributed by atoms with E-state index in [0.29, 0.717) is 17.0 Å². The third-order valence-electron chi connectivity index (χ3n) is 3.93. The number of alkyl halides is 3. The summed E-state index contributed by atoms with van der Waals surface area (Å²) in [7, 11) is 1.46. The smallest absolute Gasteiger partial charge is 0.358 e. The summed E-state index contributed by atoms with van der Waals surface area (Å²) in [6.45, 7) is -0.118. The van der Waals surface area contributed by atoms with Gasteiger partial charge in [-0.25, -0.2) is 15.0 Å². The summed E-state index contributed by atoms with van der Waals surface area (Å²) >= 11 is 6.04. The largest absolute Gasteiger partial charge is 0.415 e. The van der Waals surface area contributed by atoms with Crippen molar-refractivity contribution in [3.63, 3.8) is 0 Å². The number of halogens is 5. The first kappa shape index (κ1) is 22.3. The van der Waals surface area contributed by atoms with Crippen LogP contribution in [0, 0.1) is 0 Å². The molecular weight excluding hydrogens is 422 g/mol. The fourth-order valence-electron chi connectivity index (χ4n) is 2.61. The van der Waals surface area contributed by atoms with Crippen molar-refractivity contribution in [1.82, 2.24) is 25.6 Å². The molecule has 28 heavy (non-hydrogen) atoms. The van der Waals surface area contributed by atoms with Gasteiger partial charge in [0, 0.05) is 20.1 Å². The van der Waals surface area contributed by atoms with Gasteiger partial charge in [0.25, 0.3) is 5.91 Å². The molecule has 2 atom stereocenters. The normalized spacial score (nSPS) is 19.6. The van der Waals surface area contributed by atoms with Crippen molar-refractivity contribution in [3.05, 3.63) is 40.9 Å². The molecular formula is C16H16Cl2F3N5O2. The van der Waals surface area contributed by atoms with Crippen molar-refractivity contribution in [2.24, 2.45) is 0 Å². The molecule has 0 saturated carbocycles. The fourth-order valence-corrected chi connectivity index (χ4v) is 2.83. The molecule has 3 rings (SSSR count). The summed E-state index contributed by atoms with van der Waals surface area (Å²) in [4.78, 5) is 23.8. The Kier molecular flexibility index (Phi) is 7.16. The summed E-state index contributed by atoms with van der Waals surface area (Å²) in [6, 6.07) is 4.39. The Morgan fingerprint density at radius 1 is 1.25 bits per heavy atom. The highest BCUT2D eigenvalue weighted by Crippen LogP contribution is 2.32. The first-order valence-corrected chi connectivity index (χ1v) is 8.30. The highest BCUT2D eigenvalue weighted by molar-refractivity contribution is 6.29. The van der Waals surface area contributed by atoms with Crippen LogP contribution in [0.4, 0.5) is 13.2 Å². The molecule has 0 bridgehead atoms. The van der Waals surface area contributed by atoms with Gasteiger partial charge in [-0.05, 0) is 23.8 Å². The first-order valence-electron chi connectivity index (χ1n) is 7.93. The third kappa shape index (κ3) is 5.07. The van der Waals surface area contributed by atoms with E-state index in [1.807, 2.05) is 0 Å². The lowest BCUT2D eigenvalue weighted by Gasteiger charge is -2.32. The Morgan fingerprint density at radius 2 is 2.00 bits per heavy atom. The predicted octanol–water partition coefficient (Wildman–Crippen LogP) is 2.57. The van der Waals surface area contributed by atoms with Gasteiger partial charge in [0.05, 0.1) is 17.5 Å². The number of carbonyl (C=O) groups is 1. The van der Waals surface area contributed by atoms with Gasteiger partial charge in [0.2, 0.25) is 0 Å². The number of amides is 1. The first-order chi connectivity index (χ1) is 12.8. The minimum absolute atomic E-state index is 0. The second kappa shape index (κ2) is 8.99. The maximum atomic E-state index is 12.9. The number of carbonyl (C=O) groups excluding carboxylic acids is 1. The number of nitrogens with one attached hydrogen (secondary N) is 2. The molecule has 0 radical (unpaired) electrons.